The van der Waals surface area contributed by atoms with Crippen LogP contribution in [0.5, 0.6) is 5.75 Å². The van der Waals surface area contributed by atoms with Crippen molar-refractivity contribution in [3.8, 4) is 11.8 Å². The number of nitrogens with zero attached hydrogens (tertiary/aromatic N) is 1. The smallest absolute Gasteiger partial charge is 0.158 e. The van der Waals surface area contributed by atoms with E-state index in [9.17, 15) is 8.42 Å². The van der Waals surface area contributed by atoms with E-state index >= 15 is 0 Å². The van der Waals surface area contributed by atoms with Gasteiger partial charge in [0.15, 0.2) is 9.84 Å². The zero-order valence-corrected chi connectivity index (χ0v) is 13.4. The Bertz CT molecular complexity index is 820. The first kappa shape index (κ1) is 16.1. The molecule has 0 saturated heterocycles. The van der Waals surface area contributed by atoms with Crippen molar-refractivity contribution in [2.45, 2.75) is 18.4 Å². The van der Waals surface area contributed by atoms with E-state index in [2.05, 4.69) is 0 Å². The molecule has 2 aromatic rings. The second-order valence-corrected chi connectivity index (χ2v) is 7.22. The molecular formula is C17H17NO3S. The SMILES string of the molecule is COc1ccc(C)cc1CS(=O)(=O)Cc1cccc(C#N)c1. The Balaban J connectivity index is 2.25. The highest BCUT2D eigenvalue weighted by Gasteiger charge is 2.16. The number of rotatable bonds is 5. The third-order valence-electron chi connectivity index (χ3n) is 3.25. The van der Waals surface area contributed by atoms with Crippen LogP contribution in [-0.4, -0.2) is 15.5 Å². The van der Waals surface area contributed by atoms with Gasteiger partial charge in [0.25, 0.3) is 0 Å². The van der Waals surface area contributed by atoms with Crippen LogP contribution < -0.4 is 4.74 Å². The van der Waals surface area contributed by atoms with E-state index in [-0.39, 0.29) is 11.5 Å². The van der Waals surface area contributed by atoms with Gasteiger partial charge < -0.3 is 4.74 Å². The average Bonchev–Trinajstić information content (AvgIpc) is 2.46. The lowest BCUT2D eigenvalue weighted by molar-refractivity contribution is 0.411. The van der Waals surface area contributed by atoms with E-state index < -0.39 is 9.84 Å². The molecule has 0 atom stereocenters. The molecule has 0 radical (unpaired) electrons. The molecule has 0 aliphatic heterocycles. The maximum absolute atomic E-state index is 12.4. The number of ether oxygens (including phenoxy) is 1. The Morgan fingerprint density at radius 2 is 1.91 bits per heavy atom. The standard InChI is InChI=1S/C17H17NO3S/c1-13-6-7-17(21-2)16(8-13)12-22(19,20)11-15-5-3-4-14(9-15)10-18/h3-9H,11-12H2,1-2H3. The monoisotopic (exact) mass is 315 g/mol. The molecule has 0 heterocycles. The molecule has 0 spiro atoms. The molecule has 0 N–H and O–H groups in total. The van der Waals surface area contributed by atoms with E-state index in [1.165, 1.54) is 7.11 Å². The van der Waals surface area contributed by atoms with Gasteiger partial charge in [-0.15, -0.1) is 0 Å². The van der Waals surface area contributed by atoms with Crippen LogP contribution in [0.1, 0.15) is 22.3 Å². The van der Waals surface area contributed by atoms with E-state index in [1.54, 1.807) is 30.3 Å². The normalized spacial score (nSPS) is 11.0. The summed E-state index contributed by atoms with van der Waals surface area (Å²) in [6.07, 6.45) is 0. The molecule has 22 heavy (non-hydrogen) atoms. The lowest BCUT2D eigenvalue weighted by atomic mass is 10.1. The van der Waals surface area contributed by atoms with Gasteiger partial charge in [-0.1, -0.05) is 29.8 Å². The van der Waals surface area contributed by atoms with Gasteiger partial charge in [-0.3, -0.25) is 0 Å². The Hall–Kier alpha value is -2.32. The van der Waals surface area contributed by atoms with Crippen molar-refractivity contribution in [1.29, 1.82) is 5.26 Å². The molecule has 4 nitrogen and oxygen atoms in total. The van der Waals surface area contributed by atoms with Gasteiger partial charge in [0.2, 0.25) is 0 Å². The first-order valence-corrected chi connectivity index (χ1v) is 8.58. The Kier molecular flexibility index (Phi) is 4.84. The van der Waals surface area contributed by atoms with Crippen molar-refractivity contribution in [2.75, 3.05) is 7.11 Å². The fraction of sp³-hybridized carbons (Fsp3) is 0.235. The summed E-state index contributed by atoms with van der Waals surface area (Å²) in [7, 11) is -1.83. The minimum Gasteiger partial charge on any atom is -0.496 e. The highest BCUT2D eigenvalue weighted by molar-refractivity contribution is 7.89. The number of methoxy groups -OCH3 is 1. The number of aryl methyl sites for hydroxylation is 1. The topological polar surface area (TPSA) is 67.2 Å². The molecule has 0 amide bonds. The van der Waals surface area contributed by atoms with Crippen LogP contribution in [0.4, 0.5) is 0 Å². The molecule has 0 aliphatic rings. The molecule has 0 saturated carbocycles. The third kappa shape index (κ3) is 4.09. The maximum Gasteiger partial charge on any atom is 0.158 e. The van der Waals surface area contributed by atoms with E-state index in [4.69, 9.17) is 10.00 Å². The lowest BCUT2D eigenvalue weighted by Gasteiger charge is -2.10. The van der Waals surface area contributed by atoms with Gasteiger partial charge in [0, 0.05) is 5.56 Å². The van der Waals surface area contributed by atoms with E-state index in [0.29, 0.717) is 22.4 Å². The lowest BCUT2D eigenvalue weighted by Crippen LogP contribution is -2.09. The van der Waals surface area contributed by atoms with Crippen LogP contribution in [0.25, 0.3) is 0 Å². The molecule has 0 fully saturated rings. The third-order valence-corrected chi connectivity index (χ3v) is 4.78. The minimum atomic E-state index is -3.35. The highest BCUT2D eigenvalue weighted by Crippen LogP contribution is 2.23. The second-order valence-electron chi connectivity index (χ2n) is 5.16. The maximum atomic E-state index is 12.4. The summed E-state index contributed by atoms with van der Waals surface area (Å²) in [6, 6.07) is 14.1. The van der Waals surface area contributed by atoms with Crippen molar-refractivity contribution in [3.05, 3.63) is 64.7 Å². The second kappa shape index (κ2) is 6.63. The molecule has 114 valence electrons. The summed E-state index contributed by atoms with van der Waals surface area (Å²) >= 11 is 0. The van der Waals surface area contributed by atoms with Gasteiger partial charge >= 0.3 is 0 Å². The fourth-order valence-electron chi connectivity index (χ4n) is 2.29. The molecule has 2 aromatic carbocycles. The van der Waals surface area contributed by atoms with Gasteiger partial charge in [0.1, 0.15) is 5.75 Å². The van der Waals surface area contributed by atoms with Crippen LogP contribution in [0.2, 0.25) is 0 Å². The van der Waals surface area contributed by atoms with Crippen LogP contribution in [0.15, 0.2) is 42.5 Å². The van der Waals surface area contributed by atoms with Gasteiger partial charge in [-0.2, -0.15) is 5.26 Å². The average molecular weight is 315 g/mol. The van der Waals surface area contributed by atoms with Crippen LogP contribution >= 0.6 is 0 Å². The molecule has 0 unspecified atom stereocenters. The predicted octanol–water partition coefficient (Wildman–Crippen LogP) is 2.99. The van der Waals surface area contributed by atoms with Crippen molar-refractivity contribution in [2.24, 2.45) is 0 Å². The number of hydrogen-bond acceptors (Lipinski definition) is 4. The fourth-order valence-corrected chi connectivity index (χ4v) is 3.78. The summed E-state index contributed by atoms with van der Waals surface area (Å²) in [5, 5.41) is 8.88. The van der Waals surface area contributed by atoms with Crippen LogP contribution in [-0.2, 0) is 21.3 Å². The Morgan fingerprint density at radius 3 is 2.59 bits per heavy atom. The summed E-state index contributed by atoms with van der Waals surface area (Å²) < 4.78 is 30.0. The largest absolute Gasteiger partial charge is 0.496 e. The molecular weight excluding hydrogens is 298 g/mol. The minimum absolute atomic E-state index is 0.0887. The summed E-state index contributed by atoms with van der Waals surface area (Å²) in [6.45, 7) is 1.91. The molecule has 2 rings (SSSR count). The molecule has 0 aromatic heterocycles. The van der Waals surface area contributed by atoms with E-state index in [1.807, 2.05) is 25.1 Å². The van der Waals surface area contributed by atoms with Gasteiger partial charge in [-0.05, 0) is 30.7 Å². The summed E-state index contributed by atoms with van der Waals surface area (Å²) in [5.41, 5.74) is 2.71. The van der Waals surface area contributed by atoms with Crippen molar-refractivity contribution < 1.29 is 13.2 Å². The van der Waals surface area contributed by atoms with E-state index in [0.717, 1.165) is 5.56 Å². The zero-order chi connectivity index (χ0) is 16.2. The number of benzene rings is 2. The summed E-state index contributed by atoms with van der Waals surface area (Å²) in [5.74, 6) is 0.383. The molecule has 0 aliphatic carbocycles. The zero-order valence-electron chi connectivity index (χ0n) is 12.5. The molecule has 5 heteroatoms. The summed E-state index contributed by atoms with van der Waals surface area (Å²) in [4.78, 5) is 0. The van der Waals surface area contributed by atoms with Crippen molar-refractivity contribution >= 4 is 9.84 Å². The predicted molar refractivity (Wildman–Crippen MR) is 85.2 cm³/mol. The first-order chi connectivity index (χ1) is 10.4. The van der Waals surface area contributed by atoms with Gasteiger partial charge in [0.05, 0.1) is 30.2 Å². The van der Waals surface area contributed by atoms with Crippen LogP contribution in [0, 0.1) is 18.3 Å². The molecule has 0 bridgehead atoms. The number of sulfone groups is 1. The van der Waals surface area contributed by atoms with Crippen molar-refractivity contribution in [1.82, 2.24) is 0 Å². The van der Waals surface area contributed by atoms with Gasteiger partial charge in [-0.25, -0.2) is 8.42 Å². The number of hydrogen-bond donors (Lipinski definition) is 0. The quantitative estimate of drug-likeness (QED) is 0.850. The number of nitriles is 1. The van der Waals surface area contributed by atoms with Crippen molar-refractivity contribution in [3.63, 3.8) is 0 Å². The Labute approximate surface area is 130 Å². The van der Waals surface area contributed by atoms with Crippen LogP contribution in [0.3, 0.4) is 0 Å². The first-order valence-electron chi connectivity index (χ1n) is 6.76. The highest BCUT2D eigenvalue weighted by atomic mass is 32.2. The Morgan fingerprint density at radius 1 is 1.14 bits per heavy atom.